The van der Waals surface area contributed by atoms with Gasteiger partial charge in [-0.2, -0.15) is 0 Å². The van der Waals surface area contributed by atoms with Crippen LogP contribution in [0.2, 0.25) is 0 Å². The van der Waals surface area contributed by atoms with Crippen LogP contribution in [-0.4, -0.2) is 12.1 Å². The van der Waals surface area contributed by atoms with Crippen molar-refractivity contribution in [2.45, 2.75) is 13.0 Å². The molecule has 1 aromatic carbocycles. The molecule has 1 atom stereocenters. The molecule has 1 heterocycles. The molecule has 0 aliphatic rings. The second-order valence-corrected chi connectivity index (χ2v) is 4.01. The molecule has 0 aliphatic carbocycles. The monoisotopic (exact) mass is 228 g/mol. The summed E-state index contributed by atoms with van der Waals surface area (Å²) in [6.45, 7) is 2.03. The van der Waals surface area contributed by atoms with Gasteiger partial charge >= 0.3 is 0 Å². The Balaban J connectivity index is 2.40. The topological polar surface area (TPSA) is 48.1 Å². The van der Waals surface area contributed by atoms with E-state index in [1.54, 1.807) is 19.5 Å². The van der Waals surface area contributed by atoms with Gasteiger partial charge in [-0.05, 0) is 30.2 Å². The molecule has 0 fully saturated rings. The zero-order valence-electron chi connectivity index (χ0n) is 10.1. The summed E-state index contributed by atoms with van der Waals surface area (Å²) < 4.78 is 5.37. The fraction of sp³-hybridized carbons (Fsp3) is 0.214. The molecule has 0 bridgehead atoms. The Bertz CT molecular complexity index is 497. The van der Waals surface area contributed by atoms with Crippen LogP contribution in [-0.2, 0) is 0 Å². The molecule has 0 spiro atoms. The van der Waals surface area contributed by atoms with Crippen molar-refractivity contribution in [1.29, 1.82) is 0 Å². The first-order valence-corrected chi connectivity index (χ1v) is 5.52. The van der Waals surface area contributed by atoms with Gasteiger partial charge in [0.2, 0.25) is 0 Å². The Morgan fingerprint density at radius 1 is 1.29 bits per heavy atom. The Hall–Kier alpha value is -1.87. The maximum Gasteiger partial charge on any atom is 0.124 e. The lowest BCUT2D eigenvalue weighted by Crippen LogP contribution is -2.13. The van der Waals surface area contributed by atoms with Crippen LogP contribution in [0.15, 0.2) is 42.7 Å². The second-order valence-electron chi connectivity index (χ2n) is 4.01. The van der Waals surface area contributed by atoms with E-state index in [-0.39, 0.29) is 6.04 Å². The first kappa shape index (κ1) is 11.6. The largest absolute Gasteiger partial charge is 0.496 e. The van der Waals surface area contributed by atoms with E-state index in [9.17, 15) is 0 Å². The van der Waals surface area contributed by atoms with Gasteiger partial charge in [0.25, 0.3) is 0 Å². The number of pyridine rings is 1. The van der Waals surface area contributed by atoms with Crippen molar-refractivity contribution in [1.82, 2.24) is 4.98 Å². The van der Waals surface area contributed by atoms with Crippen LogP contribution in [0.25, 0.3) is 0 Å². The van der Waals surface area contributed by atoms with E-state index in [2.05, 4.69) is 4.98 Å². The van der Waals surface area contributed by atoms with Crippen molar-refractivity contribution in [2.75, 3.05) is 7.11 Å². The molecular formula is C14H16N2O. The van der Waals surface area contributed by atoms with Crippen LogP contribution in [0.5, 0.6) is 5.75 Å². The molecule has 2 aromatic rings. The fourth-order valence-corrected chi connectivity index (χ4v) is 1.81. The molecule has 3 heteroatoms. The molecule has 2 rings (SSSR count). The molecular weight excluding hydrogens is 212 g/mol. The maximum atomic E-state index is 6.22. The fourth-order valence-electron chi connectivity index (χ4n) is 1.81. The van der Waals surface area contributed by atoms with E-state index >= 15 is 0 Å². The van der Waals surface area contributed by atoms with Crippen molar-refractivity contribution in [2.24, 2.45) is 5.73 Å². The van der Waals surface area contributed by atoms with Crippen LogP contribution >= 0.6 is 0 Å². The maximum absolute atomic E-state index is 6.22. The smallest absolute Gasteiger partial charge is 0.124 e. The van der Waals surface area contributed by atoms with Gasteiger partial charge < -0.3 is 10.5 Å². The highest BCUT2D eigenvalue weighted by molar-refractivity contribution is 5.42. The molecule has 17 heavy (non-hydrogen) atoms. The number of ether oxygens (including phenoxy) is 1. The third-order valence-corrected chi connectivity index (χ3v) is 2.77. The highest BCUT2D eigenvalue weighted by atomic mass is 16.5. The zero-order valence-corrected chi connectivity index (χ0v) is 10.1. The Labute approximate surface area is 101 Å². The highest BCUT2D eigenvalue weighted by Crippen LogP contribution is 2.28. The number of aromatic nitrogens is 1. The first-order valence-electron chi connectivity index (χ1n) is 5.52. The van der Waals surface area contributed by atoms with Crippen LogP contribution in [0.3, 0.4) is 0 Å². The van der Waals surface area contributed by atoms with Gasteiger partial charge in [0, 0.05) is 18.0 Å². The Morgan fingerprint density at radius 2 is 2.12 bits per heavy atom. The van der Waals surface area contributed by atoms with Crippen LogP contribution in [0.4, 0.5) is 0 Å². The molecule has 3 nitrogen and oxygen atoms in total. The number of hydrogen-bond acceptors (Lipinski definition) is 3. The molecule has 0 radical (unpaired) electrons. The van der Waals surface area contributed by atoms with Crippen LogP contribution < -0.4 is 10.5 Å². The summed E-state index contributed by atoms with van der Waals surface area (Å²) in [5.41, 5.74) is 9.34. The number of nitrogens with zero attached hydrogens (tertiary/aromatic N) is 1. The van der Waals surface area contributed by atoms with Crippen LogP contribution in [0.1, 0.15) is 22.7 Å². The van der Waals surface area contributed by atoms with Gasteiger partial charge in [-0.25, -0.2) is 0 Å². The minimum absolute atomic E-state index is 0.209. The lowest BCUT2D eigenvalue weighted by Gasteiger charge is -2.16. The van der Waals surface area contributed by atoms with Crippen molar-refractivity contribution in [3.05, 3.63) is 59.4 Å². The summed E-state index contributed by atoms with van der Waals surface area (Å²) in [5.74, 6) is 0.821. The molecule has 0 saturated carbocycles. The third kappa shape index (κ3) is 2.45. The summed E-state index contributed by atoms with van der Waals surface area (Å²) in [6.07, 6.45) is 3.52. The molecule has 0 aliphatic heterocycles. The SMILES string of the molecule is COc1cc(C)ccc1C(N)c1cccnc1. The Kier molecular flexibility index (Phi) is 3.40. The van der Waals surface area contributed by atoms with Gasteiger partial charge in [-0.15, -0.1) is 0 Å². The summed E-state index contributed by atoms with van der Waals surface area (Å²) in [7, 11) is 1.66. The van der Waals surface area contributed by atoms with E-state index in [1.165, 1.54) is 0 Å². The van der Waals surface area contributed by atoms with Crippen molar-refractivity contribution >= 4 is 0 Å². The van der Waals surface area contributed by atoms with Crippen LogP contribution in [0, 0.1) is 6.92 Å². The number of nitrogens with two attached hydrogens (primary N) is 1. The van der Waals surface area contributed by atoms with E-state index in [0.717, 1.165) is 22.4 Å². The summed E-state index contributed by atoms with van der Waals surface area (Å²) in [5, 5.41) is 0. The normalized spacial score (nSPS) is 12.2. The van der Waals surface area contributed by atoms with Crippen molar-refractivity contribution in [3.63, 3.8) is 0 Å². The third-order valence-electron chi connectivity index (χ3n) is 2.77. The van der Waals surface area contributed by atoms with E-state index < -0.39 is 0 Å². The second kappa shape index (κ2) is 4.97. The minimum atomic E-state index is -0.209. The van der Waals surface area contributed by atoms with Gasteiger partial charge in [-0.3, -0.25) is 4.98 Å². The lowest BCUT2D eigenvalue weighted by molar-refractivity contribution is 0.407. The predicted molar refractivity (Wildman–Crippen MR) is 68.0 cm³/mol. The van der Waals surface area contributed by atoms with E-state index in [4.69, 9.17) is 10.5 Å². The lowest BCUT2D eigenvalue weighted by atomic mass is 9.99. The zero-order chi connectivity index (χ0) is 12.3. The molecule has 0 saturated heterocycles. The molecule has 2 N–H and O–H groups in total. The average Bonchev–Trinajstić information content (AvgIpc) is 2.39. The molecule has 0 amide bonds. The highest BCUT2D eigenvalue weighted by Gasteiger charge is 2.13. The van der Waals surface area contributed by atoms with E-state index in [1.807, 2.05) is 37.3 Å². The van der Waals surface area contributed by atoms with Gasteiger partial charge in [0.1, 0.15) is 5.75 Å². The standard InChI is InChI=1S/C14H16N2O/c1-10-5-6-12(13(8-10)17-2)14(15)11-4-3-7-16-9-11/h3-9,14H,15H2,1-2H3. The van der Waals surface area contributed by atoms with Crippen molar-refractivity contribution < 1.29 is 4.74 Å². The minimum Gasteiger partial charge on any atom is -0.496 e. The number of benzene rings is 1. The number of methoxy groups -OCH3 is 1. The van der Waals surface area contributed by atoms with E-state index in [0.29, 0.717) is 0 Å². The van der Waals surface area contributed by atoms with Gasteiger partial charge in [0.15, 0.2) is 0 Å². The summed E-state index contributed by atoms with van der Waals surface area (Å²) in [6, 6.07) is 9.68. The summed E-state index contributed by atoms with van der Waals surface area (Å²) in [4.78, 5) is 4.08. The van der Waals surface area contributed by atoms with Gasteiger partial charge in [-0.1, -0.05) is 18.2 Å². The molecule has 88 valence electrons. The molecule has 1 aromatic heterocycles. The average molecular weight is 228 g/mol. The van der Waals surface area contributed by atoms with Crippen molar-refractivity contribution in [3.8, 4) is 5.75 Å². The predicted octanol–water partition coefficient (Wildman–Crippen LogP) is 2.45. The number of aryl methyl sites for hydroxylation is 1. The molecule has 1 unspecified atom stereocenters. The van der Waals surface area contributed by atoms with Gasteiger partial charge in [0.05, 0.1) is 13.2 Å². The quantitative estimate of drug-likeness (QED) is 0.877. The number of hydrogen-bond donors (Lipinski definition) is 1. The first-order chi connectivity index (χ1) is 8.22. The number of rotatable bonds is 3. The Morgan fingerprint density at radius 3 is 2.76 bits per heavy atom. The summed E-state index contributed by atoms with van der Waals surface area (Å²) >= 11 is 0.